The van der Waals surface area contributed by atoms with Crippen molar-refractivity contribution in [1.82, 2.24) is 20.0 Å². The van der Waals surface area contributed by atoms with E-state index in [0.717, 1.165) is 82.4 Å². The zero-order chi connectivity index (χ0) is 29.0. The van der Waals surface area contributed by atoms with Crippen LogP contribution in [0.5, 0.6) is 5.75 Å². The van der Waals surface area contributed by atoms with E-state index < -0.39 is 17.4 Å². The van der Waals surface area contributed by atoms with Crippen molar-refractivity contribution in [1.29, 1.82) is 5.26 Å². The number of carbonyl (C=O) groups is 4. The molecule has 3 atom stereocenters. The summed E-state index contributed by atoms with van der Waals surface area (Å²) in [6.07, 6.45) is 8.65. The summed E-state index contributed by atoms with van der Waals surface area (Å²) >= 11 is 0. The molecule has 42 heavy (non-hydrogen) atoms. The zero-order valence-electron chi connectivity index (χ0n) is 24.1. The standard InChI is InChI=1S/C32H39N5O5/c33-19-32(11-12-32)31(41)35-13-9-20(10-14-35)22-16-36(17-22)25-3-1-2-4-27(25)42-23-5-6-24-21(15-23)18-37(30(24)40)26-7-8-28(38)34-29(26)39/h5-6,15,20,22,25-27H,1-4,7-14,16-18H2,(H,34,38,39)/t25-,26?,27+/m1/s1. The predicted octanol–water partition coefficient (Wildman–Crippen LogP) is 2.61. The molecule has 0 spiro atoms. The normalized spacial score (nSPS) is 29.9. The second kappa shape index (κ2) is 10.7. The van der Waals surface area contributed by atoms with Gasteiger partial charge in [0, 0.05) is 50.7 Å². The Morgan fingerprint density at radius 1 is 1.00 bits per heavy atom. The molecule has 0 radical (unpaired) electrons. The van der Waals surface area contributed by atoms with E-state index in [1.165, 1.54) is 6.42 Å². The predicted molar refractivity (Wildman–Crippen MR) is 151 cm³/mol. The molecule has 1 aromatic rings. The van der Waals surface area contributed by atoms with E-state index in [1.807, 2.05) is 23.1 Å². The van der Waals surface area contributed by atoms with Crippen LogP contribution in [0.25, 0.3) is 0 Å². The fourth-order valence-corrected chi connectivity index (χ4v) is 7.92. The van der Waals surface area contributed by atoms with Crippen molar-refractivity contribution in [3.8, 4) is 11.8 Å². The van der Waals surface area contributed by atoms with Crippen molar-refractivity contribution in [3.05, 3.63) is 29.3 Å². The van der Waals surface area contributed by atoms with Crippen LogP contribution in [0.2, 0.25) is 0 Å². The quantitative estimate of drug-likeness (QED) is 0.519. The fourth-order valence-electron chi connectivity index (χ4n) is 7.92. The minimum atomic E-state index is -0.711. The zero-order valence-corrected chi connectivity index (χ0v) is 24.1. The number of rotatable bonds is 6. The Hall–Kier alpha value is -3.45. The first-order valence-corrected chi connectivity index (χ1v) is 15.7. The lowest BCUT2D eigenvalue weighted by atomic mass is 9.77. The SMILES string of the molecule is N#CC1(C(=O)N2CCC(C3CN([C@@H]4CCCC[C@@H]4Oc4ccc5c(c4)CN(C4CCC(=O)NC4=O)C5=O)C3)CC2)CC1. The number of hydrogen-bond donors (Lipinski definition) is 1. The summed E-state index contributed by atoms with van der Waals surface area (Å²) in [5.41, 5.74) is 0.758. The Balaban J connectivity index is 0.935. The first kappa shape index (κ1) is 27.4. The van der Waals surface area contributed by atoms with Crippen LogP contribution in [0.4, 0.5) is 0 Å². The summed E-state index contributed by atoms with van der Waals surface area (Å²) in [5.74, 6) is 1.26. The number of imide groups is 1. The largest absolute Gasteiger partial charge is 0.489 e. The number of nitrogens with zero attached hydrogens (tertiary/aromatic N) is 4. The molecule has 6 aliphatic rings. The summed E-state index contributed by atoms with van der Waals surface area (Å²) in [7, 11) is 0. The van der Waals surface area contributed by atoms with Gasteiger partial charge in [-0.2, -0.15) is 5.26 Å². The van der Waals surface area contributed by atoms with E-state index in [-0.39, 0.29) is 30.2 Å². The van der Waals surface area contributed by atoms with Crippen LogP contribution in [0, 0.1) is 28.6 Å². The highest BCUT2D eigenvalue weighted by atomic mass is 16.5. The lowest BCUT2D eigenvalue weighted by molar-refractivity contribution is -0.138. The molecule has 4 heterocycles. The van der Waals surface area contributed by atoms with Crippen molar-refractivity contribution >= 4 is 23.6 Å². The molecule has 2 saturated carbocycles. The third kappa shape index (κ3) is 4.85. The van der Waals surface area contributed by atoms with E-state index in [1.54, 1.807) is 4.90 Å². The van der Waals surface area contributed by atoms with Crippen molar-refractivity contribution in [2.24, 2.45) is 17.3 Å². The molecule has 0 aromatic heterocycles. The van der Waals surface area contributed by atoms with Crippen LogP contribution in [0.1, 0.15) is 80.1 Å². The first-order chi connectivity index (χ1) is 20.3. The topological polar surface area (TPSA) is 123 Å². The van der Waals surface area contributed by atoms with Crippen LogP contribution < -0.4 is 10.1 Å². The second-order valence-corrected chi connectivity index (χ2v) is 13.3. The van der Waals surface area contributed by atoms with Gasteiger partial charge in [0.15, 0.2) is 0 Å². The maximum Gasteiger partial charge on any atom is 0.255 e. The highest BCUT2D eigenvalue weighted by Gasteiger charge is 2.53. The second-order valence-electron chi connectivity index (χ2n) is 13.3. The molecule has 0 bridgehead atoms. The average molecular weight is 574 g/mol. The van der Waals surface area contributed by atoms with Gasteiger partial charge in [-0.05, 0) is 87.0 Å². The smallest absolute Gasteiger partial charge is 0.255 e. The van der Waals surface area contributed by atoms with Gasteiger partial charge >= 0.3 is 0 Å². The Bertz CT molecular complexity index is 1340. The first-order valence-electron chi connectivity index (χ1n) is 15.7. The molecule has 2 aliphatic carbocycles. The minimum absolute atomic E-state index is 0.0560. The molecule has 4 aliphatic heterocycles. The van der Waals surface area contributed by atoms with Crippen molar-refractivity contribution in [2.75, 3.05) is 26.2 Å². The number of likely N-dealkylation sites (tertiary alicyclic amines) is 2. The summed E-state index contributed by atoms with van der Waals surface area (Å²) in [4.78, 5) is 55.9. The monoisotopic (exact) mass is 573 g/mol. The third-order valence-corrected chi connectivity index (χ3v) is 10.7. The van der Waals surface area contributed by atoms with Gasteiger partial charge in [0.2, 0.25) is 17.7 Å². The molecule has 5 fully saturated rings. The van der Waals surface area contributed by atoms with Crippen LogP contribution >= 0.6 is 0 Å². The molecule has 222 valence electrons. The van der Waals surface area contributed by atoms with Crippen LogP contribution in [-0.4, -0.2) is 82.7 Å². The number of amides is 4. The number of ether oxygens (including phenoxy) is 1. The van der Waals surface area contributed by atoms with Gasteiger partial charge in [0.1, 0.15) is 23.3 Å². The number of fused-ring (bicyclic) bond motifs is 1. The highest BCUT2D eigenvalue weighted by molar-refractivity contribution is 6.05. The number of carbonyl (C=O) groups excluding carboxylic acids is 4. The Morgan fingerprint density at radius 2 is 1.76 bits per heavy atom. The fraction of sp³-hybridized carbons (Fsp3) is 0.656. The number of nitrogens with one attached hydrogen (secondary N) is 1. The Morgan fingerprint density at radius 3 is 2.48 bits per heavy atom. The van der Waals surface area contributed by atoms with Crippen LogP contribution in [0.15, 0.2) is 18.2 Å². The van der Waals surface area contributed by atoms with E-state index in [2.05, 4.69) is 16.3 Å². The molecule has 1 N–H and O–H groups in total. The van der Waals surface area contributed by atoms with Gasteiger partial charge < -0.3 is 14.5 Å². The maximum absolute atomic E-state index is 13.1. The molecular weight excluding hydrogens is 534 g/mol. The third-order valence-electron chi connectivity index (χ3n) is 10.7. The maximum atomic E-state index is 13.1. The summed E-state index contributed by atoms with van der Waals surface area (Å²) in [6, 6.07) is 7.65. The summed E-state index contributed by atoms with van der Waals surface area (Å²) < 4.78 is 6.60. The van der Waals surface area contributed by atoms with Gasteiger partial charge in [0.25, 0.3) is 5.91 Å². The van der Waals surface area contributed by atoms with Crippen LogP contribution in [0.3, 0.4) is 0 Å². The van der Waals surface area contributed by atoms with Gasteiger partial charge in [-0.25, -0.2) is 0 Å². The van der Waals surface area contributed by atoms with E-state index in [4.69, 9.17) is 4.74 Å². The van der Waals surface area contributed by atoms with E-state index >= 15 is 0 Å². The van der Waals surface area contributed by atoms with Crippen LogP contribution in [-0.2, 0) is 20.9 Å². The number of benzene rings is 1. The number of hydrogen-bond acceptors (Lipinski definition) is 7. The van der Waals surface area contributed by atoms with Crippen molar-refractivity contribution in [3.63, 3.8) is 0 Å². The van der Waals surface area contributed by atoms with E-state index in [9.17, 15) is 24.4 Å². The average Bonchev–Trinajstić information content (AvgIpc) is 3.71. The van der Waals surface area contributed by atoms with Crippen molar-refractivity contribution < 1.29 is 23.9 Å². The molecule has 3 saturated heterocycles. The summed E-state index contributed by atoms with van der Waals surface area (Å²) in [6.45, 7) is 4.05. The lowest BCUT2D eigenvalue weighted by Gasteiger charge is -2.51. The van der Waals surface area contributed by atoms with Gasteiger partial charge in [-0.15, -0.1) is 0 Å². The molecule has 1 aromatic carbocycles. The summed E-state index contributed by atoms with van der Waals surface area (Å²) in [5, 5.41) is 11.7. The highest BCUT2D eigenvalue weighted by Crippen LogP contribution is 2.47. The van der Waals surface area contributed by atoms with E-state index in [0.29, 0.717) is 36.4 Å². The molecule has 7 rings (SSSR count). The molecule has 1 unspecified atom stereocenters. The number of piperidine rings is 2. The molecular formula is C32H39N5O5. The number of nitriles is 1. The molecule has 4 amide bonds. The van der Waals surface area contributed by atoms with Gasteiger partial charge in [-0.1, -0.05) is 6.42 Å². The molecule has 10 nitrogen and oxygen atoms in total. The minimum Gasteiger partial charge on any atom is -0.489 e. The Kier molecular flexibility index (Phi) is 6.96. The lowest BCUT2D eigenvalue weighted by Crippen LogP contribution is -2.60. The van der Waals surface area contributed by atoms with Crippen molar-refractivity contribution in [2.45, 2.75) is 88.9 Å². The molecule has 10 heteroatoms. The van der Waals surface area contributed by atoms with Gasteiger partial charge in [-0.3, -0.25) is 29.4 Å². The van der Waals surface area contributed by atoms with Gasteiger partial charge in [0.05, 0.1) is 6.07 Å². The Labute approximate surface area is 246 Å².